The lowest BCUT2D eigenvalue weighted by Gasteiger charge is -2.14. The number of hydrogen-bond donors (Lipinski definition) is 2. The van der Waals surface area contributed by atoms with Crippen molar-refractivity contribution in [2.24, 2.45) is 4.99 Å². The molecule has 1 heterocycles. The summed E-state index contributed by atoms with van der Waals surface area (Å²) >= 11 is 11.9. The van der Waals surface area contributed by atoms with Crippen molar-refractivity contribution in [3.8, 4) is 0 Å². The summed E-state index contributed by atoms with van der Waals surface area (Å²) in [6.07, 6.45) is 2.97. The molecule has 0 aromatic heterocycles. The van der Waals surface area contributed by atoms with Crippen molar-refractivity contribution in [3.05, 3.63) is 33.4 Å². The Morgan fingerprint density at radius 3 is 2.58 bits per heavy atom. The summed E-state index contributed by atoms with van der Waals surface area (Å²) in [6.45, 7) is 0. The summed E-state index contributed by atoms with van der Waals surface area (Å²) in [5.41, 5.74) is 0.752. The van der Waals surface area contributed by atoms with Crippen LogP contribution in [0.15, 0.2) is 38.4 Å². The fourth-order valence-electron chi connectivity index (χ4n) is 2.06. The minimum absolute atomic E-state index is 0.0712. The topological polar surface area (TPSA) is 87.0 Å². The normalized spacial score (nSPS) is 21.6. The maximum absolute atomic E-state index is 11.2. The summed E-state index contributed by atoms with van der Waals surface area (Å²) < 4.78 is 0. The summed E-state index contributed by atoms with van der Waals surface area (Å²) in [7, 11) is 0. The van der Waals surface area contributed by atoms with Gasteiger partial charge in [-0.25, -0.2) is 4.79 Å². The van der Waals surface area contributed by atoms with Crippen LogP contribution in [0.25, 0.3) is 0 Å². The molecule has 7 heteroatoms. The van der Waals surface area contributed by atoms with E-state index in [1.54, 1.807) is 6.08 Å². The molecule has 0 spiro atoms. The number of carbonyl (C=O) groups is 2. The Kier molecular flexibility index (Phi) is 3.78. The zero-order valence-electron chi connectivity index (χ0n) is 9.56. The third kappa shape index (κ3) is 2.72. The standard InChI is InChI=1S/C12H9Cl2NO4/c13-5-3-7(14)10-6(1-2-9(16)17)11(12(18)19)15-8(10)4-5/h3-4,8H,1-2H2,(H,16,17)(H,18,19). The van der Waals surface area contributed by atoms with E-state index in [0.29, 0.717) is 21.2 Å². The van der Waals surface area contributed by atoms with Crippen LogP contribution in [0.5, 0.6) is 0 Å². The molecule has 2 rings (SSSR count). The molecule has 2 N–H and O–H groups in total. The van der Waals surface area contributed by atoms with Crippen LogP contribution in [0.4, 0.5) is 0 Å². The highest BCUT2D eigenvalue weighted by atomic mass is 35.5. The molecule has 1 unspecified atom stereocenters. The molecule has 0 aromatic rings. The summed E-state index contributed by atoms with van der Waals surface area (Å²) in [6, 6.07) is -0.542. The second-order valence-corrected chi connectivity index (χ2v) is 4.90. The molecule has 0 radical (unpaired) electrons. The number of aliphatic carboxylic acids is 2. The Morgan fingerprint density at radius 1 is 1.32 bits per heavy atom. The molecule has 2 aliphatic rings. The van der Waals surface area contributed by atoms with Crippen molar-refractivity contribution in [2.75, 3.05) is 0 Å². The van der Waals surface area contributed by atoms with E-state index in [2.05, 4.69) is 4.99 Å². The van der Waals surface area contributed by atoms with Crippen LogP contribution in [0.3, 0.4) is 0 Å². The molecule has 1 aliphatic carbocycles. The first-order chi connectivity index (χ1) is 8.90. The van der Waals surface area contributed by atoms with E-state index in [-0.39, 0.29) is 18.6 Å². The predicted molar refractivity (Wildman–Crippen MR) is 70.6 cm³/mol. The van der Waals surface area contributed by atoms with Gasteiger partial charge in [-0.05, 0) is 24.1 Å². The Hall–Kier alpha value is -1.59. The van der Waals surface area contributed by atoms with Crippen LogP contribution in [0, 0.1) is 0 Å². The number of rotatable bonds is 4. The van der Waals surface area contributed by atoms with Gasteiger partial charge in [-0.15, -0.1) is 0 Å². The first kappa shape index (κ1) is 13.8. The molecule has 0 saturated heterocycles. The Balaban J connectivity index is 2.44. The van der Waals surface area contributed by atoms with E-state index in [0.717, 1.165) is 0 Å². The van der Waals surface area contributed by atoms with E-state index in [9.17, 15) is 9.59 Å². The van der Waals surface area contributed by atoms with Crippen molar-refractivity contribution in [1.29, 1.82) is 0 Å². The van der Waals surface area contributed by atoms with Gasteiger partial charge in [0, 0.05) is 22.1 Å². The van der Waals surface area contributed by atoms with Crippen LogP contribution in [0.2, 0.25) is 0 Å². The first-order valence-electron chi connectivity index (χ1n) is 5.41. The number of nitrogens with zero attached hydrogens (tertiary/aromatic N) is 1. The number of allylic oxidation sites excluding steroid dienone is 2. The maximum Gasteiger partial charge on any atom is 0.354 e. The van der Waals surface area contributed by atoms with Crippen molar-refractivity contribution in [2.45, 2.75) is 18.9 Å². The summed E-state index contributed by atoms with van der Waals surface area (Å²) in [5.74, 6) is -2.21. The summed E-state index contributed by atoms with van der Waals surface area (Å²) in [5, 5.41) is 18.5. The van der Waals surface area contributed by atoms with Gasteiger partial charge in [0.25, 0.3) is 0 Å². The highest BCUT2D eigenvalue weighted by Gasteiger charge is 2.34. The van der Waals surface area contributed by atoms with Gasteiger partial charge in [-0.3, -0.25) is 9.79 Å². The van der Waals surface area contributed by atoms with Crippen molar-refractivity contribution in [3.63, 3.8) is 0 Å². The van der Waals surface area contributed by atoms with Crippen molar-refractivity contribution >= 4 is 40.9 Å². The van der Waals surface area contributed by atoms with Crippen LogP contribution in [-0.4, -0.2) is 33.9 Å². The fourth-order valence-corrected chi connectivity index (χ4v) is 2.69. The van der Waals surface area contributed by atoms with E-state index >= 15 is 0 Å². The molecule has 5 nitrogen and oxygen atoms in total. The lowest BCUT2D eigenvalue weighted by molar-refractivity contribution is -0.137. The molecule has 0 amide bonds. The molecule has 1 atom stereocenters. The smallest absolute Gasteiger partial charge is 0.354 e. The predicted octanol–water partition coefficient (Wildman–Crippen LogP) is 2.31. The number of fused-ring (bicyclic) bond motifs is 1. The molecule has 19 heavy (non-hydrogen) atoms. The van der Waals surface area contributed by atoms with Gasteiger partial charge in [-0.1, -0.05) is 23.2 Å². The third-order valence-corrected chi connectivity index (χ3v) is 3.35. The molecule has 0 aromatic carbocycles. The second-order valence-electron chi connectivity index (χ2n) is 4.06. The van der Waals surface area contributed by atoms with Gasteiger partial charge in [0.1, 0.15) is 5.71 Å². The average molecular weight is 302 g/mol. The van der Waals surface area contributed by atoms with E-state index < -0.39 is 18.0 Å². The highest BCUT2D eigenvalue weighted by Crippen LogP contribution is 2.38. The zero-order valence-corrected chi connectivity index (χ0v) is 11.1. The largest absolute Gasteiger partial charge is 0.481 e. The van der Waals surface area contributed by atoms with Crippen LogP contribution < -0.4 is 0 Å². The minimum atomic E-state index is -1.20. The lowest BCUT2D eigenvalue weighted by atomic mass is 9.94. The third-order valence-electron chi connectivity index (χ3n) is 2.81. The molecule has 0 saturated carbocycles. The minimum Gasteiger partial charge on any atom is -0.481 e. The van der Waals surface area contributed by atoms with E-state index in [4.69, 9.17) is 33.4 Å². The van der Waals surface area contributed by atoms with Gasteiger partial charge in [-0.2, -0.15) is 0 Å². The van der Waals surface area contributed by atoms with Crippen LogP contribution in [0.1, 0.15) is 12.8 Å². The first-order valence-corrected chi connectivity index (χ1v) is 6.17. The average Bonchev–Trinajstić information content (AvgIpc) is 2.64. The van der Waals surface area contributed by atoms with E-state index in [1.165, 1.54) is 6.08 Å². The monoisotopic (exact) mass is 301 g/mol. The van der Waals surface area contributed by atoms with Crippen LogP contribution in [-0.2, 0) is 9.59 Å². The second kappa shape index (κ2) is 5.19. The summed E-state index contributed by atoms with van der Waals surface area (Å²) in [4.78, 5) is 25.8. The van der Waals surface area contributed by atoms with E-state index in [1.807, 2.05) is 0 Å². The molecule has 1 aliphatic heterocycles. The highest BCUT2D eigenvalue weighted by molar-refractivity contribution is 6.45. The molecule has 100 valence electrons. The lowest BCUT2D eigenvalue weighted by Crippen LogP contribution is -2.15. The molecular weight excluding hydrogens is 293 g/mol. The Bertz CT molecular complexity index is 587. The van der Waals surface area contributed by atoms with Gasteiger partial charge in [0.05, 0.1) is 6.04 Å². The fraction of sp³-hybridized carbons (Fsp3) is 0.250. The van der Waals surface area contributed by atoms with Crippen LogP contribution >= 0.6 is 23.2 Å². The van der Waals surface area contributed by atoms with Crippen molar-refractivity contribution < 1.29 is 19.8 Å². The number of hydrogen-bond acceptors (Lipinski definition) is 3. The quantitative estimate of drug-likeness (QED) is 0.834. The van der Waals surface area contributed by atoms with Gasteiger partial charge < -0.3 is 10.2 Å². The molecule has 0 fully saturated rings. The Labute approximate surface area is 118 Å². The SMILES string of the molecule is O=C(O)CCC1=C2C(Cl)=CC(Cl)=CC2N=C1C(=O)O. The molecule has 0 bridgehead atoms. The number of carboxylic acid groups (broad SMARTS) is 2. The number of halogens is 2. The molecular formula is C12H9Cl2NO4. The van der Waals surface area contributed by atoms with Gasteiger partial charge >= 0.3 is 11.9 Å². The van der Waals surface area contributed by atoms with Gasteiger partial charge in [0.15, 0.2) is 0 Å². The Morgan fingerprint density at radius 2 is 2.00 bits per heavy atom. The number of aliphatic imine (C=N–C) groups is 1. The maximum atomic E-state index is 11.2. The zero-order chi connectivity index (χ0) is 14.2. The van der Waals surface area contributed by atoms with Gasteiger partial charge in [0.2, 0.25) is 0 Å². The number of carboxylic acids is 2. The van der Waals surface area contributed by atoms with Crippen molar-refractivity contribution in [1.82, 2.24) is 0 Å².